The second-order valence-corrected chi connectivity index (χ2v) is 5.25. The van der Waals surface area contributed by atoms with Crippen LogP contribution in [-0.4, -0.2) is 30.5 Å². The second kappa shape index (κ2) is 4.52. The Bertz CT molecular complexity index is 169. The number of hydrogen-bond donors (Lipinski definition) is 1. The number of carbonyl (C=O) groups is 1. The van der Waals surface area contributed by atoms with Gasteiger partial charge in [-0.1, -0.05) is 6.92 Å². The van der Waals surface area contributed by atoms with Crippen molar-refractivity contribution in [1.29, 1.82) is 0 Å². The third-order valence-electron chi connectivity index (χ3n) is 1.48. The van der Waals surface area contributed by atoms with E-state index in [-0.39, 0.29) is 12.6 Å². The van der Waals surface area contributed by atoms with Crippen LogP contribution in [0.5, 0.6) is 0 Å². The van der Waals surface area contributed by atoms with E-state index in [1.807, 2.05) is 0 Å². The van der Waals surface area contributed by atoms with Crippen molar-refractivity contribution < 1.29 is 19.0 Å². The summed E-state index contributed by atoms with van der Waals surface area (Å²) < 4.78 is 16.1. The maximum atomic E-state index is 11.4. The highest BCUT2D eigenvalue weighted by atomic mass is 31.2. The lowest BCUT2D eigenvalue weighted by Gasteiger charge is -2.11. The van der Waals surface area contributed by atoms with Gasteiger partial charge in [-0.15, -0.1) is 0 Å². The summed E-state index contributed by atoms with van der Waals surface area (Å²) in [5.74, 6) is -0.935. The van der Waals surface area contributed by atoms with Crippen molar-refractivity contribution in [3.05, 3.63) is 0 Å². The standard InChI is InChI=1S/C6H13O4P/c1-3-11(9,10-2)5-4-6(7)8/h3-5H2,1-2H3,(H,7,8). The molecule has 0 aliphatic rings. The molecular formula is C6H13O4P. The van der Waals surface area contributed by atoms with Crippen molar-refractivity contribution in [3.63, 3.8) is 0 Å². The van der Waals surface area contributed by atoms with E-state index >= 15 is 0 Å². The molecule has 1 unspecified atom stereocenters. The molecule has 0 bridgehead atoms. The topological polar surface area (TPSA) is 63.6 Å². The van der Waals surface area contributed by atoms with E-state index in [4.69, 9.17) is 9.63 Å². The highest BCUT2D eigenvalue weighted by Crippen LogP contribution is 2.45. The molecule has 66 valence electrons. The molecule has 0 radical (unpaired) electrons. The molecule has 0 aliphatic carbocycles. The Hall–Kier alpha value is -0.340. The molecule has 1 N–H and O–H groups in total. The number of rotatable bonds is 5. The van der Waals surface area contributed by atoms with Gasteiger partial charge in [0.05, 0.1) is 6.42 Å². The first-order chi connectivity index (χ1) is 5.04. The molecule has 0 aromatic rings. The SMILES string of the molecule is CCP(=O)(CCC(=O)O)OC. The largest absolute Gasteiger partial charge is 0.481 e. The molecule has 1 atom stereocenters. The Kier molecular flexibility index (Phi) is 4.38. The van der Waals surface area contributed by atoms with Gasteiger partial charge in [0, 0.05) is 19.4 Å². The van der Waals surface area contributed by atoms with E-state index in [0.29, 0.717) is 6.16 Å². The number of aliphatic carboxylic acids is 1. The minimum Gasteiger partial charge on any atom is -0.481 e. The van der Waals surface area contributed by atoms with Crippen LogP contribution in [0, 0.1) is 0 Å². The van der Waals surface area contributed by atoms with E-state index in [1.54, 1.807) is 6.92 Å². The van der Waals surface area contributed by atoms with Gasteiger partial charge in [0.1, 0.15) is 0 Å². The predicted molar refractivity (Wildman–Crippen MR) is 42.3 cm³/mol. The summed E-state index contributed by atoms with van der Waals surface area (Å²) in [6, 6.07) is 0. The van der Waals surface area contributed by atoms with Crippen LogP contribution < -0.4 is 0 Å². The first-order valence-electron chi connectivity index (χ1n) is 3.39. The van der Waals surface area contributed by atoms with E-state index < -0.39 is 13.3 Å². The van der Waals surface area contributed by atoms with Crippen LogP contribution >= 0.6 is 7.37 Å². The van der Waals surface area contributed by atoms with Gasteiger partial charge in [-0.05, 0) is 0 Å². The van der Waals surface area contributed by atoms with Gasteiger partial charge >= 0.3 is 5.97 Å². The summed E-state index contributed by atoms with van der Waals surface area (Å²) in [5.41, 5.74) is 0. The molecule has 0 spiro atoms. The monoisotopic (exact) mass is 180 g/mol. The van der Waals surface area contributed by atoms with Gasteiger partial charge in [0.2, 0.25) is 7.37 Å². The third-order valence-corrected chi connectivity index (χ3v) is 4.01. The zero-order valence-corrected chi connectivity index (χ0v) is 7.63. The average molecular weight is 180 g/mol. The van der Waals surface area contributed by atoms with Crippen molar-refractivity contribution in [2.45, 2.75) is 13.3 Å². The zero-order valence-electron chi connectivity index (χ0n) is 6.74. The van der Waals surface area contributed by atoms with Crippen LogP contribution in [-0.2, 0) is 13.9 Å². The van der Waals surface area contributed by atoms with Crippen LogP contribution in [0.3, 0.4) is 0 Å². The smallest absolute Gasteiger partial charge is 0.303 e. The summed E-state index contributed by atoms with van der Waals surface area (Å²) in [4.78, 5) is 10.1. The van der Waals surface area contributed by atoms with Gasteiger partial charge in [0.15, 0.2) is 0 Å². The van der Waals surface area contributed by atoms with Crippen LogP contribution in [0.1, 0.15) is 13.3 Å². The molecule has 0 aromatic heterocycles. The van der Waals surface area contributed by atoms with Crippen LogP contribution in [0.25, 0.3) is 0 Å². The van der Waals surface area contributed by atoms with Gasteiger partial charge in [-0.25, -0.2) is 0 Å². The van der Waals surface area contributed by atoms with Crippen LogP contribution in [0.15, 0.2) is 0 Å². The summed E-state index contributed by atoms with van der Waals surface area (Å²) in [6.45, 7) is 1.73. The fourth-order valence-corrected chi connectivity index (χ4v) is 1.93. The van der Waals surface area contributed by atoms with Gasteiger partial charge in [-0.3, -0.25) is 9.36 Å². The van der Waals surface area contributed by atoms with Crippen molar-refractivity contribution in [3.8, 4) is 0 Å². The van der Waals surface area contributed by atoms with Crippen molar-refractivity contribution in [2.24, 2.45) is 0 Å². The van der Waals surface area contributed by atoms with Crippen molar-refractivity contribution in [2.75, 3.05) is 19.4 Å². The Morgan fingerprint density at radius 1 is 1.64 bits per heavy atom. The fraction of sp³-hybridized carbons (Fsp3) is 0.833. The minimum atomic E-state index is -2.62. The van der Waals surface area contributed by atoms with Crippen molar-refractivity contribution in [1.82, 2.24) is 0 Å². The summed E-state index contributed by atoms with van der Waals surface area (Å²) in [6.07, 6.45) is 0.449. The third kappa shape index (κ3) is 4.17. The Morgan fingerprint density at radius 2 is 2.18 bits per heavy atom. The zero-order chi connectivity index (χ0) is 8.91. The van der Waals surface area contributed by atoms with Gasteiger partial charge in [-0.2, -0.15) is 0 Å². The summed E-state index contributed by atoms with van der Waals surface area (Å²) in [5, 5.41) is 8.29. The van der Waals surface area contributed by atoms with E-state index in [9.17, 15) is 9.36 Å². The molecule has 0 heterocycles. The van der Waals surface area contributed by atoms with E-state index in [2.05, 4.69) is 0 Å². The molecule has 11 heavy (non-hydrogen) atoms. The Morgan fingerprint density at radius 3 is 2.45 bits per heavy atom. The normalized spacial score (nSPS) is 15.8. The molecule has 0 aromatic carbocycles. The Balaban J connectivity index is 3.89. The predicted octanol–water partition coefficient (Wildman–Crippen LogP) is 1.41. The quantitative estimate of drug-likeness (QED) is 0.649. The average Bonchev–Trinajstić information content (AvgIpc) is 2.00. The van der Waals surface area contributed by atoms with Crippen LogP contribution in [0.2, 0.25) is 0 Å². The maximum Gasteiger partial charge on any atom is 0.303 e. The molecule has 0 fully saturated rings. The second-order valence-electron chi connectivity index (χ2n) is 2.18. The first kappa shape index (κ1) is 10.7. The molecular weight excluding hydrogens is 167 g/mol. The number of carboxylic acid groups (broad SMARTS) is 1. The van der Waals surface area contributed by atoms with E-state index in [0.717, 1.165) is 0 Å². The van der Waals surface area contributed by atoms with Gasteiger partial charge < -0.3 is 9.63 Å². The first-order valence-corrected chi connectivity index (χ1v) is 5.39. The lowest BCUT2D eigenvalue weighted by Crippen LogP contribution is -2.02. The summed E-state index contributed by atoms with van der Waals surface area (Å²) >= 11 is 0. The molecule has 5 heteroatoms. The maximum absolute atomic E-state index is 11.4. The lowest BCUT2D eigenvalue weighted by molar-refractivity contribution is -0.136. The minimum absolute atomic E-state index is 0.0844. The number of hydrogen-bond acceptors (Lipinski definition) is 3. The highest BCUT2D eigenvalue weighted by Gasteiger charge is 2.19. The molecule has 0 aliphatic heterocycles. The Labute approximate surface area is 66.0 Å². The van der Waals surface area contributed by atoms with Gasteiger partial charge in [0.25, 0.3) is 0 Å². The molecule has 0 saturated heterocycles. The lowest BCUT2D eigenvalue weighted by atomic mass is 10.5. The molecule has 0 saturated carbocycles. The number of carboxylic acids is 1. The highest BCUT2D eigenvalue weighted by molar-refractivity contribution is 7.58. The van der Waals surface area contributed by atoms with Crippen LogP contribution in [0.4, 0.5) is 0 Å². The van der Waals surface area contributed by atoms with Crippen molar-refractivity contribution >= 4 is 13.3 Å². The molecule has 0 rings (SSSR count). The molecule has 4 nitrogen and oxygen atoms in total. The van der Waals surface area contributed by atoms with E-state index in [1.165, 1.54) is 7.11 Å². The fourth-order valence-electron chi connectivity index (χ4n) is 0.644. The molecule has 0 amide bonds. The summed E-state index contributed by atoms with van der Waals surface area (Å²) in [7, 11) is -1.26.